The lowest BCUT2D eigenvalue weighted by molar-refractivity contribution is 0.453. The maximum absolute atomic E-state index is 13.2. The monoisotopic (exact) mass is 254 g/mol. The van der Waals surface area contributed by atoms with Gasteiger partial charge in [0.05, 0.1) is 11.2 Å². The van der Waals surface area contributed by atoms with Crippen molar-refractivity contribution in [1.82, 2.24) is 4.98 Å². The molecule has 1 N–H and O–H groups in total. The van der Waals surface area contributed by atoms with Gasteiger partial charge < -0.3 is 9.73 Å². The van der Waals surface area contributed by atoms with Crippen molar-refractivity contribution in [1.29, 1.82) is 0 Å². The normalized spacial score (nSPS) is 12.5. The molecule has 3 nitrogen and oxygen atoms in total. The van der Waals surface area contributed by atoms with Crippen LogP contribution in [0.3, 0.4) is 0 Å². The summed E-state index contributed by atoms with van der Waals surface area (Å²) in [5.41, 5.74) is 0.634. The van der Waals surface area contributed by atoms with Crippen molar-refractivity contribution in [3.05, 3.63) is 46.9 Å². The molecule has 0 fully saturated rings. The molecule has 1 aromatic heterocycles. The predicted octanol–water partition coefficient (Wildman–Crippen LogP) is 3.95. The number of aryl methyl sites for hydroxylation is 1. The van der Waals surface area contributed by atoms with E-state index in [0.717, 1.165) is 5.76 Å². The van der Waals surface area contributed by atoms with Crippen LogP contribution < -0.4 is 5.32 Å². The van der Waals surface area contributed by atoms with Gasteiger partial charge in [0, 0.05) is 5.69 Å². The molecule has 5 heteroatoms. The molecule has 1 atom stereocenters. The second kappa shape index (κ2) is 4.75. The summed E-state index contributed by atoms with van der Waals surface area (Å²) in [4.78, 5) is 4.10. The van der Waals surface area contributed by atoms with E-state index in [0.29, 0.717) is 11.6 Å². The quantitative estimate of drug-likeness (QED) is 0.901. The minimum Gasteiger partial charge on any atom is -0.444 e. The Morgan fingerprint density at radius 2 is 2.24 bits per heavy atom. The lowest BCUT2D eigenvalue weighted by atomic mass is 10.2. The highest BCUT2D eigenvalue weighted by atomic mass is 35.5. The zero-order valence-corrected chi connectivity index (χ0v) is 10.3. The third kappa shape index (κ3) is 2.77. The molecule has 1 unspecified atom stereocenters. The molecule has 90 valence electrons. The Hall–Kier alpha value is -1.55. The molecule has 17 heavy (non-hydrogen) atoms. The van der Waals surface area contributed by atoms with Crippen molar-refractivity contribution in [2.75, 3.05) is 5.32 Å². The Labute approximate surface area is 104 Å². The maximum Gasteiger partial charge on any atom is 0.216 e. The number of benzene rings is 1. The second-order valence-corrected chi connectivity index (χ2v) is 4.21. The van der Waals surface area contributed by atoms with Crippen LogP contribution in [0, 0.1) is 12.7 Å². The van der Waals surface area contributed by atoms with Crippen LogP contribution >= 0.6 is 11.6 Å². The maximum atomic E-state index is 13.2. The second-order valence-electron chi connectivity index (χ2n) is 3.80. The van der Waals surface area contributed by atoms with Crippen LogP contribution in [0.4, 0.5) is 10.1 Å². The molecule has 1 aromatic carbocycles. The summed E-state index contributed by atoms with van der Waals surface area (Å²) < 4.78 is 18.6. The zero-order chi connectivity index (χ0) is 12.4. The Bertz CT molecular complexity index is 527. The Kier molecular flexibility index (Phi) is 3.33. The number of hydrogen-bond donors (Lipinski definition) is 1. The van der Waals surface area contributed by atoms with Gasteiger partial charge in [0.25, 0.3) is 0 Å². The lowest BCUT2D eigenvalue weighted by Gasteiger charge is -2.12. The standard InChI is InChI=1S/C12H12ClFN2O/c1-7-6-15-12(17-7)8(2)16-9-3-4-10(13)11(14)5-9/h3-6,8,16H,1-2H3. The molecule has 0 saturated heterocycles. The molecular formula is C12H12ClFN2O. The van der Waals surface area contributed by atoms with Crippen molar-refractivity contribution >= 4 is 17.3 Å². The first-order valence-corrected chi connectivity index (χ1v) is 5.58. The van der Waals surface area contributed by atoms with Crippen molar-refractivity contribution in [2.45, 2.75) is 19.9 Å². The van der Waals surface area contributed by atoms with Crippen LogP contribution in [-0.2, 0) is 0 Å². The lowest BCUT2D eigenvalue weighted by Crippen LogP contribution is -2.07. The molecule has 0 aliphatic carbocycles. The van der Waals surface area contributed by atoms with Crippen LogP contribution in [0.25, 0.3) is 0 Å². The van der Waals surface area contributed by atoms with Crippen molar-refractivity contribution in [3.8, 4) is 0 Å². The van der Waals surface area contributed by atoms with Gasteiger partial charge in [0.15, 0.2) is 0 Å². The molecule has 1 heterocycles. The van der Waals surface area contributed by atoms with E-state index in [4.69, 9.17) is 16.0 Å². The van der Waals surface area contributed by atoms with Crippen LogP contribution in [-0.4, -0.2) is 4.98 Å². The molecule has 2 aromatic rings. The zero-order valence-electron chi connectivity index (χ0n) is 9.50. The van der Waals surface area contributed by atoms with Crippen LogP contribution in [0.1, 0.15) is 24.6 Å². The highest BCUT2D eigenvalue weighted by Gasteiger charge is 2.11. The van der Waals surface area contributed by atoms with Crippen LogP contribution in [0.15, 0.2) is 28.8 Å². The number of rotatable bonds is 3. The summed E-state index contributed by atoms with van der Waals surface area (Å²) in [7, 11) is 0. The fourth-order valence-corrected chi connectivity index (χ4v) is 1.59. The highest BCUT2D eigenvalue weighted by Crippen LogP contribution is 2.22. The summed E-state index contributed by atoms with van der Waals surface area (Å²) in [6, 6.07) is 4.42. The number of oxazole rings is 1. The summed E-state index contributed by atoms with van der Waals surface area (Å²) >= 11 is 5.60. The molecule has 0 saturated carbocycles. The van der Waals surface area contributed by atoms with Crippen LogP contribution in [0.2, 0.25) is 5.02 Å². The highest BCUT2D eigenvalue weighted by molar-refractivity contribution is 6.30. The summed E-state index contributed by atoms with van der Waals surface area (Å²) in [5, 5.41) is 3.19. The molecule has 0 bridgehead atoms. The van der Waals surface area contributed by atoms with E-state index >= 15 is 0 Å². The smallest absolute Gasteiger partial charge is 0.216 e. The van der Waals surface area contributed by atoms with Crippen molar-refractivity contribution < 1.29 is 8.81 Å². The molecule has 2 rings (SSSR count). The first-order valence-electron chi connectivity index (χ1n) is 5.20. The van der Waals surface area contributed by atoms with Gasteiger partial charge in [-0.25, -0.2) is 9.37 Å². The minimum atomic E-state index is -0.451. The van der Waals surface area contributed by atoms with Crippen LogP contribution in [0.5, 0.6) is 0 Å². The fourth-order valence-electron chi connectivity index (χ4n) is 1.47. The Balaban J connectivity index is 2.12. The van der Waals surface area contributed by atoms with Gasteiger partial charge in [-0.1, -0.05) is 11.6 Å². The Morgan fingerprint density at radius 3 is 2.82 bits per heavy atom. The first-order chi connectivity index (χ1) is 8.06. The topological polar surface area (TPSA) is 38.1 Å². The molecule has 0 aliphatic rings. The number of halogens is 2. The third-order valence-electron chi connectivity index (χ3n) is 2.31. The van der Waals surface area contributed by atoms with E-state index in [1.807, 2.05) is 13.8 Å². The van der Waals surface area contributed by atoms with Crippen molar-refractivity contribution in [2.24, 2.45) is 0 Å². The van der Waals surface area contributed by atoms with Gasteiger partial charge >= 0.3 is 0 Å². The van der Waals surface area contributed by atoms with Gasteiger partial charge in [0.1, 0.15) is 17.6 Å². The van der Waals surface area contributed by atoms with Gasteiger partial charge in [-0.2, -0.15) is 0 Å². The number of nitrogens with one attached hydrogen (secondary N) is 1. The fraction of sp³-hybridized carbons (Fsp3) is 0.250. The predicted molar refractivity (Wildman–Crippen MR) is 64.7 cm³/mol. The molecule has 0 aliphatic heterocycles. The summed E-state index contributed by atoms with van der Waals surface area (Å²) in [6.07, 6.45) is 1.65. The molecular weight excluding hydrogens is 243 g/mol. The molecule has 0 radical (unpaired) electrons. The van der Waals surface area contributed by atoms with Crippen molar-refractivity contribution in [3.63, 3.8) is 0 Å². The van der Waals surface area contributed by atoms with E-state index in [2.05, 4.69) is 10.3 Å². The van der Waals surface area contributed by atoms with E-state index < -0.39 is 5.82 Å². The van der Waals surface area contributed by atoms with E-state index in [-0.39, 0.29) is 11.1 Å². The van der Waals surface area contributed by atoms with Gasteiger partial charge in [-0.3, -0.25) is 0 Å². The number of nitrogens with zero attached hydrogens (tertiary/aromatic N) is 1. The summed E-state index contributed by atoms with van der Waals surface area (Å²) in [6.45, 7) is 3.71. The SMILES string of the molecule is Cc1cnc(C(C)Nc2ccc(Cl)c(F)c2)o1. The number of anilines is 1. The first kappa shape index (κ1) is 11.9. The third-order valence-corrected chi connectivity index (χ3v) is 2.62. The van der Waals surface area contributed by atoms with E-state index in [1.165, 1.54) is 12.1 Å². The largest absolute Gasteiger partial charge is 0.444 e. The Morgan fingerprint density at radius 1 is 1.47 bits per heavy atom. The van der Waals surface area contributed by atoms with Gasteiger partial charge in [0.2, 0.25) is 5.89 Å². The van der Waals surface area contributed by atoms with E-state index in [9.17, 15) is 4.39 Å². The average Bonchev–Trinajstić information content (AvgIpc) is 2.70. The number of aromatic nitrogens is 1. The van der Waals surface area contributed by atoms with Gasteiger partial charge in [-0.05, 0) is 32.0 Å². The van der Waals surface area contributed by atoms with E-state index in [1.54, 1.807) is 12.3 Å². The number of hydrogen-bond acceptors (Lipinski definition) is 3. The molecule has 0 amide bonds. The van der Waals surface area contributed by atoms with Gasteiger partial charge in [-0.15, -0.1) is 0 Å². The summed E-state index contributed by atoms with van der Waals surface area (Å²) in [5.74, 6) is 0.862. The average molecular weight is 255 g/mol. The molecule has 0 spiro atoms. The minimum absolute atomic E-state index is 0.107.